The highest BCUT2D eigenvalue weighted by Crippen LogP contribution is 2.51. The number of benzene rings is 2. The van der Waals surface area contributed by atoms with Gasteiger partial charge < -0.3 is 34.3 Å². The molecule has 3 N–H and O–H groups in total. The van der Waals surface area contributed by atoms with Gasteiger partial charge in [0, 0.05) is 39.0 Å². The number of rotatable bonds is 4. The van der Waals surface area contributed by atoms with Gasteiger partial charge in [0.15, 0.2) is 0 Å². The smallest absolute Gasteiger partial charge is 0.306 e. The lowest BCUT2D eigenvalue weighted by Crippen LogP contribution is -2.65. The van der Waals surface area contributed by atoms with Gasteiger partial charge >= 0.3 is 5.79 Å². The molecule has 1 aliphatic heterocycles. The maximum atomic E-state index is 13.2. The van der Waals surface area contributed by atoms with Crippen LogP contribution in [-0.4, -0.2) is 48.2 Å². The molecule has 3 rings (SSSR count). The summed E-state index contributed by atoms with van der Waals surface area (Å²) >= 11 is 0. The van der Waals surface area contributed by atoms with Crippen LogP contribution in [0.3, 0.4) is 0 Å². The van der Waals surface area contributed by atoms with Crippen LogP contribution in [0.2, 0.25) is 0 Å². The zero-order valence-electron chi connectivity index (χ0n) is 14.3. The molecule has 1 heterocycles. The number of ether oxygens (including phenoxy) is 4. The summed E-state index contributed by atoms with van der Waals surface area (Å²) in [7, 11) is 3.77. The van der Waals surface area contributed by atoms with Crippen LogP contribution < -0.4 is 4.74 Å². The van der Waals surface area contributed by atoms with Gasteiger partial charge in [-0.05, 0) is 24.3 Å². The van der Waals surface area contributed by atoms with E-state index in [1.54, 1.807) is 0 Å². The van der Waals surface area contributed by atoms with Gasteiger partial charge in [0.1, 0.15) is 28.6 Å². The number of ketones is 1. The van der Waals surface area contributed by atoms with Gasteiger partial charge in [-0.1, -0.05) is 0 Å². The molecule has 0 fully saturated rings. The van der Waals surface area contributed by atoms with Gasteiger partial charge in [0.25, 0.3) is 5.79 Å². The standard InChI is InChI=1S/C18H18O8/c1-23-17(10-4-6-11(19)7-5-10)18(24-2,25-3)16(22)15-13(21)8-12(20)9-14(15)26-17/h4-9,19-21H,1-3H3/t17-/m1/s1. The van der Waals surface area contributed by atoms with Gasteiger partial charge in [-0.2, -0.15) is 0 Å². The monoisotopic (exact) mass is 362 g/mol. The number of aromatic hydroxyl groups is 3. The highest BCUT2D eigenvalue weighted by Gasteiger charge is 2.66. The van der Waals surface area contributed by atoms with Crippen LogP contribution in [0.25, 0.3) is 0 Å². The van der Waals surface area contributed by atoms with E-state index in [1.807, 2.05) is 0 Å². The number of fused-ring (bicyclic) bond motifs is 1. The van der Waals surface area contributed by atoms with Crippen molar-refractivity contribution in [3.8, 4) is 23.0 Å². The maximum absolute atomic E-state index is 13.2. The number of Topliss-reactive ketones (excluding diaryl/α,β-unsaturated/α-hetero) is 1. The molecule has 0 saturated carbocycles. The van der Waals surface area contributed by atoms with Crippen molar-refractivity contribution in [2.45, 2.75) is 11.6 Å². The van der Waals surface area contributed by atoms with Gasteiger partial charge in [0.05, 0.1) is 0 Å². The molecule has 1 atom stereocenters. The lowest BCUT2D eigenvalue weighted by atomic mass is 9.86. The number of phenolic OH excluding ortho intramolecular Hbond substituents is 3. The van der Waals surface area contributed by atoms with Crippen molar-refractivity contribution >= 4 is 5.78 Å². The summed E-state index contributed by atoms with van der Waals surface area (Å²) in [4.78, 5) is 13.2. The molecule has 0 unspecified atom stereocenters. The Morgan fingerprint density at radius 3 is 2.04 bits per heavy atom. The van der Waals surface area contributed by atoms with Crippen molar-refractivity contribution in [3.63, 3.8) is 0 Å². The minimum absolute atomic E-state index is 0.00161. The van der Waals surface area contributed by atoms with E-state index in [-0.39, 0.29) is 22.8 Å². The second kappa shape index (κ2) is 6.17. The zero-order chi connectivity index (χ0) is 19.1. The Labute approximate surface area is 149 Å². The van der Waals surface area contributed by atoms with Crippen LogP contribution >= 0.6 is 0 Å². The second-order valence-corrected chi connectivity index (χ2v) is 5.66. The normalized spacial score (nSPS) is 21.1. The van der Waals surface area contributed by atoms with Crippen molar-refractivity contribution < 1.29 is 39.1 Å². The second-order valence-electron chi connectivity index (χ2n) is 5.66. The molecule has 0 aromatic heterocycles. The zero-order valence-corrected chi connectivity index (χ0v) is 14.3. The molecule has 0 spiro atoms. The van der Waals surface area contributed by atoms with Gasteiger partial charge in [-0.15, -0.1) is 0 Å². The quantitative estimate of drug-likeness (QED) is 0.706. The first-order valence-electron chi connectivity index (χ1n) is 7.60. The summed E-state index contributed by atoms with van der Waals surface area (Å²) in [6.45, 7) is 0. The van der Waals surface area contributed by atoms with Crippen LogP contribution in [0.1, 0.15) is 15.9 Å². The summed E-state index contributed by atoms with van der Waals surface area (Å²) in [6, 6.07) is 7.91. The van der Waals surface area contributed by atoms with Crippen LogP contribution in [-0.2, 0) is 20.0 Å². The fraction of sp³-hybridized carbons (Fsp3) is 0.278. The third-order valence-corrected chi connectivity index (χ3v) is 4.39. The number of methoxy groups -OCH3 is 3. The maximum Gasteiger partial charge on any atom is 0.306 e. The number of hydrogen-bond acceptors (Lipinski definition) is 8. The molecule has 2 aromatic carbocycles. The van der Waals surface area contributed by atoms with Crippen LogP contribution in [0.15, 0.2) is 36.4 Å². The molecule has 138 valence electrons. The van der Waals surface area contributed by atoms with E-state index < -0.39 is 23.1 Å². The third-order valence-electron chi connectivity index (χ3n) is 4.39. The number of carbonyl (C=O) groups excluding carboxylic acids is 1. The molecular weight excluding hydrogens is 344 g/mol. The van der Waals surface area contributed by atoms with E-state index in [0.717, 1.165) is 6.07 Å². The topological polar surface area (TPSA) is 115 Å². The Hall–Kier alpha value is -2.81. The predicted octanol–water partition coefficient (Wildman–Crippen LogP) is 1.87. The van der Waals surface area contributed by atoms with E-state index in [2.05, 4.69) is 0 Å². The number of hydrogen-bond donors (Lipinski definition) is 3. The first kappa shape index (κ1) is 18.0. The van der Waals surface area contributed by atoms with Crippen molar-refractivity contribution in [2.75, 3.05) is 21.3 Å². The molecular formula is C18H18O8. The Morgan fingerprint density at radius 1 is 0.885 bits per heavy atom. The van der Waals surface area contributed by atoms with E-state index in [9.17, 15) is 20.1 Å². The number of phenols is 3. The Bertz CT molecular complexity index is 841. The third kappa shape index (κ3) is 2.23. The van der Waals surface area contributed by atoms with E-state index >= 15 is 0 Å². The molecule has 0 amide bonds. The van der Waals surface area contributed by atoms with E-state index in [1.165, 1.54) is 51.7 Å². The van der Waals surface area contributed by atoms with Crippen molar-refractivity contribution in [2.24, 2.45) is 0 Å². The summed E-state index contributed by atoms with van der Waals surface area (Å²) in [5.41, 5.74) is 0.0984. The minimum Gasteiger partial charge on any atom is -0.508 e. The lowest BCUT2D eigenvalue weighted by Gasteiger charge is -2.48. The fourth-order valence-corrected chi connectivity index (χ4v) is 3.19. The first-order valence-corrected chi connectivity index (χ1v) is 7.60. The summed E-state index contributed by atoms with van der Waals surface area (Å²) in [6.07, 6.45) is 0. The van der Waals surface area contributed by atoms with Crippen LogP contribution in [0.5, 0.6) is 23.0 Å². The molecule has 0 radical (unpaired) electrons. The highest BCUT2D eigenvalue weighted by atomic mass is 16.8. The summed E-state index contributed by atoms with van der Waals surface area (Å²) < 4.78 is 22.3. The first-order chi connectivity index (χ1) is 12.3. The van der Waals surface area contributed by atoms with Gasteiger partial charge in [-0.25, -0.2) is 0 Å². The van der Waals surface area contributed by atoms with Gasteiger partial charge in [-0.3, -0.25) is 4.79 Å². The van der Waals surface area contributed by atoms with Crippen molar-refractivity contribution in [1.82, 2.24) is 0 Å². The summed E-state index contributed by atoms with van der Waals surface area (Å²) in [5, 5.41) is 29.5. The molecule has 8 heteroatoms. The molecule has 2 aromatic rings. The average molecular weight is 362 g/mol. The Kier molecular flexibility index (Phi) is 4.27. The molecule has 0 saturated heterocycles. The lowest BCUT2D eigenvalue weighted by molar-refractivity contribution is -0.354. The minimum atomic E-state index is -2.10. The van der Waals surface area contributed by atoms with Crippen LogP contribution in [0, 0.1) is 0 Å². The average Bonchev–Trinajstić information content (AvgIpc) is 2.61. The van der Waals surface area contributed by atoms with E-state index in [0.29, 0.717) is 5.56 Å². The molecule has 8 nitrogen and oxygen atoms in total. The SMILES string of the molecule is COC1(OC)C(=O)c2c(O)cc(O)cc2O[C@]1(OC)c1ccc(O)cc1. The van der Waals surface area contributed by atoms with Crippen molar-refractivity contribution in [1.29, 1.82) is 0 Å². The Morgan fingerprint density at radius 2 is 1.50 bits per heavy atom. The van der Waals surface area contributed by atoms with Crippen molar-refractivity contribution in [3.05, 3.63) is 47.5 Å². The number of carbonyl (C=O) groups is 1. The predicted molar refractivity (Wildman–Crippen MR) is 88.3 cm³/mol. The highest BCUT2D eigenvalue weighted by molar-refractivity contribution is 6.08. The molecule has 0 aliphatic carbocycles. The largest absolute Gasteiger partial charge is 0.508 e. The molecule has 1 aliphatic rings. The van der Waals surface area contributed by atoms with Gasteiger partial charge in [0.2, 0.25) is 5.78 Å². The Balaban J connectivity index is 2.34. The summed E-state index contributed by atoms with van der Waals surface area (Å²) in [5.74, 6) is -5.65. The molecule has 26 heavy (non-hydrogen) atoms. The molecule has 0 bridgehead atoms. The fourth-order valence-electron chi connectivity index (χ4n) is 3.19. The van der Waals surface area contributed by atoms with Crippen LogP contribution in [0.4, 0.5) is 0 Å². The van der Waals surface area contributed by atoms with E-state index in [4.69, 9.17) is 18.9 Å².